The molecule has 0 aliphatic heterocycles. The smallest absolute Gasteiger partial charge is 0.418 e. The zero-order valence-corrected chi connectivity index (χ0v) is 6.84. The highest BCUT2D eigenvalue weighted by Gasteiger charge is 2.20. The molecule has 0 rings (SSSR count). The summed E-state index contributed by atoms with van der Waals surface area (Å²) in [6.07, 6.45) is -0.0990. The molecule has 0 spiro atoms. The molecule has 0 radical (unpaired) electrons. The second-order valence-electron chi connectivity index (χ2n) is 2.00. The lowest BCUT2D eigenvalue weighted by atomic mass is 10.3. The molecule has 0 unspecified atom stereocenters. The normalized spacial score (nSPS) is 9.79. The van der Waals surface area contributed by atoms with Gasteiger partial charge < -0.3 is 23.0 Å². The summed E-state index contributed by atoms with van der Waals surface area (Å²) in [6, 6.07) is 0. The van der Waals surface area contributed by atoms with Crippen molar-refractivity contribution in [2.75, 3.05) is 0 Å². The lowest BCUT2D eigenvalue weighted by Crippen LogP contribution is -2.21. The number of carbonyl (C=O) groups is 2. The van der Waals surface area contributed by atoms with Crippen LogP contribution in [0.4, 0.5) is 17.3 Å². The van der Waals surface area contributed by atoms with Crippen LogP contribution >= 0.6 is 0 Å². The summed E-state index contributed by atoms with van der Waals surface area (Å²) in [5.41, 5.74) is 6.07. The number of hydrogen-bond donors (Lipinski definition) is 3. The molecule has 0 saturated heterocycles. The first-order valence-corrected chi connectivity index (χ1v) is 3.25. The second-order valence-corrected chi connectivity index (χ2v) is 2.00. The lowest BCUT2D eigenvalue weighted by molar-refractivity contribution is -0.131. The molecular weight excluding hydrogens is 211 g/mol. The third kappa shape index (κ3) is 31.0. The van der Waals surface area contributed by atoms with Gasteiger partial charge in [0, 0.05) is 12.8 Å². The average Bonchev–Trinajstić information content (AvgIpc) is 1.96. The standard InChI is InChI=1S/C4H8N2O3.BF4/c5-3(7)1-2-4(8)6-9;2-1(3,4)5/h9H,1-2H2,(H2,5,7)(H,6,8);/q;-1/p+1. The van der Waals surface area contributed by atoms with Gasteiger partial charge in [-0.15, -0.1) is 0 Å². The molecule has 4 N–H and O–H groups in total. The number of primary amides is 1. The summed E-state index contributed by atoms with van der Waals surface area (Å²) in [5.74, 6) is -1.16. The fourth-order valence-corrected chi connectivity index (χ4v) is 0.293. The molecule has 0 bridgehead atoms. The summed E-state index contributed by atoms with van der Waals surface area (Å²) in [7, 11) is -6.00. The minimum atomic E-state index is -6.00. The van der Waals surface area contributed by atoms with E-state index in [0.29, 0.717) is 0 Å². The summed E-state index contributed by atoms with van der Waals surface area (Å²) in [6.45, 7) is 0. The van der Waals surface area contributed by atoms with Gasteiger partial charge in [-0.05, 0) is 0 Å². The molecule has 84 valence electrons. The van der Waals surface area contributed by atoms with E-state index in [1.165, 1.54) is 5.48 Å². The lowest BCUT2D eigenvalue weighted by Gasteiger charge is -1.94. The number of rotatable bonds is 3. The van der Waals surface area contributed by atoms with Crippen LogP contribution in [0.3, 0.4) is 0 Å². The van der Waals surface area contributed by atoms with Gasteiger partial charge in [-0.2, -0.15) is 0 Å². The highest BCUT2D eigenvalue weighted by Crippen LogP contribution is 2.06. The maximum Gasteiger partial charge on any atom is 1.00 e. The molecule has 0 aliphatic rings. The Morgan fingerprint density at radius 1 is 1.29 bits per heavy atom. The van der Waals surface area contributed by atoms with Crippen LogP contribution in [-0.4, -0.2) is 24.3 Å². The number of hydrogen-bond acceptors (Lipinski definition) is 3. The Bertz CT molecular complexity index is 197. The van der Waals surface area contributed by atoms with Crippen LogP contribution in [0, 0.1) is 0 Å². The predicted octanol–water partition coefficient (Wildman–Crippen LogP) is 0.170. The molecule has 0 fully saturated rings. The van der Waals surface area contributed by atoms with Crippen molar-refractivity contribution in [3.8, 4) is 0 Å². The first-order valence-electron chi connectivity index (χ1n) is 3.25. The molecule has 10 heteroatoms. The van der Waals surface area contributed by atoms with Gasteiger partial charge in [-0.25, -0.2) is 5.48 Å². The Labute approximate surface area is 77.8 Å². The van der Waals surface area contributed by atoms with Crippen molar-refractivity contribution in [2.45, 2.75) is 12.8 Å². The van der Waals surface area contributed by atoms with Crippen molar-refractivity contribution in [3.05, 3.63) is 0 Å². The van der Waals surface area contributed by atoms with Gasteiger partial charge in [0.25, 0.3) is 0 Å². The topological polar surface area (TPSA) is 92.4 Å². The third-order valence-corrected chi connectivity index (χ3v) is 0.723. The van der Waals surface area contributed by atoms with Gasteiger partial charge >= 0.3 is 8.68 Å². The van der Waals surface area contributed by atoms with Crippen molar-refractivity contribution < 1.29 is 33.5 Å². The van der Waals surface area contributed by atoms with Crippen molar-refractivity contribution in [1.82, 2.24) is 5.48 Å². The number of amides is 2. The Morgan fingerprint density at radius 2 is 1.64 bits per heavy atom. The Balaban J connectivity index is -0.000000208. The Morgan fingerprint density at radius 3 is 1.86 bits per heavy atom. The fraction of sp³-hybridized carbons (Fsp3) is 0.500. The first-order chi connectivity index (χ1) is 6.16. The van der Waals surface area contributed by atoms with Crippen LogP contribution in [0.1, 0.15) is 14.3 Å². The molecule has 2 amide bonds. The molecular formula is C4H9BF4N2O3. The van der Waals surface area contributed by atoms with E-state index in [0.717, 1.165) is 0 Å². The van der Waals surface area contributed by atoms with Crippen LogP contribution in [0.15, 0.2) is 0 Å². The Kier molecular flexibility index (Phi) is 7.72. The van der Waals surface area contributed by atoms with Crippen LogP contribution in [0.25, 0.3) is 0 Å². The highest BCUT2D eigenvalue weighted by molar-refractivity contribution is 6.50. The molecule has 0 aromatic heterocycles. The first kappa shape index (κ1) is 15.2. The minimum absolute atomic E-state index is 0. The maximum atomic E-state index is 10.1. The summed E-state index contributed by atoms with van der Waals surface area (Å²) in [4.78, 5) is 20.1. The fourth-order valence-electron chi connectivity index (χ4n) is 0.293. The summed E-state index contributed by atoms with van der Waals surface area (Å²) in [5, 5.41) is 7.90. The molecule has 14 heavy (non-hydrogen) atoms. The number of halogens is 4. The molecule has 5 nitrogen and oxygen atoms in total. The Hall–Kier alpha value is -1.32. The highest BCUT2D eigenvalue weighted by atomic mass is 19.5. The quantitative estimate of drug-likeness (QED) is 0.274. The number of nitrogens with one attached hydrogen (secondary N) is 1. The van der Waals surface area contributed by atoms with Crippen LogP contribution < -0.4 is 11.2 Å². The zero-order valence-electron chi connectivity index (χ0n) is 7.84. The largest absolute Gasteiger partial charge is 1.00 e. The molecule has 0 aromatic carbocycles. The van der Waals surface area contributed by atoms with Crippen molar-refractivity contribution >= 4 is 19.1 Å². The van der Waals surface area contributed by atoms with Gasteiger partial charge in [0.15, 0.2) is 0 Å². The van der Waals surface area contributed by atoms with Crippen molar-refractivity contribution in [2.24, 2.45) is 5.73 Å². The predicted molar refractivity (Wildman–Crippen MR) is 39.7 cm³/mol. The monoisotopic (exact) mass is 220 g/mol. The van der Waals surface area contributed by atoms with E-state index >= 15 is 0 Å². The van der Waals surface area contributed by atoms with E-state index in [-0.39, 0.29) is 14.3 Å². The third-order valence-electron chi connectivity index (χ3n) is 0.723. The van der Waals surface area contributed by atoms with E-state index in [4.69, 9.17) is 10.9 Å². The average molecular weight is 220 g/mol. The van der Waals surface area contributed by atoms with Crippen LogP contribution in [-0.2, 0) is 9.59 Å². The van der Waals surface area contributed by atoms with Gasteiger partial charge in [0.2, 0.25) is 11.8 Å². The SMILES string of the molecule is F[B-](F)(F)F.NC(=O)CCC(=O)NO.[H+]. The van der Waals surface area contributed by atoms with E-state index < -0.39 is 19.1 Å². The van der Waals surface area contributed by atoms with Crippen LogP contribution in [0.2, 0.25) is 0 Å². The van der Waals surface area contributed by atoms with E-state index in [9.17, 15) is 26.9 Å². The van der Waals surface area contributed by atoms with Crippen molar-refractivity contribution in [3.63, 3.8) is 0 Å². The molecule has 0 aliphatic carbocycles. The van der Waals surface area contributed by atoms with E-state index in [1.54, 1.807) is 0 Å². The van der Waals surface area contributed by atoms with Gasteiger partial charge in [0.05, 0.1) is 0 Å². The van der Waals surface area contributed by atoms with Crippen molar-refractivity contribution in [1.29, 1.82) is 0 Å². The molecule has 0 aromatic rings. The number of hydroxylamine groups is 1. The van der Waals surface area contributed by atoms with Crippen LogP contribution in [0.5, 0.6) is 0 Å². The molecule has 0 saturated carbocycles. The van der Waals surface area contributed by atoms with Gasteiger partial charge in [-0.1, -0.05) is 0 Å². The van der Waals surface area contributed by atoms with E-state index in [1.807, 2.05) is 0 Å². The molecule has 0 heterocycles. The summed E-state index contributed by atoms with van der Waals surface area (Å²) >= 11 is 0. The van der Waals surface area contributed by atoms with Gasteiger partial charge in [-0.3, -0.25) is 14.8 Å². The minimum Gasteiger partial charge on any atom is -0.418 e. The second kappa shape index (κ2) is 7.12. The summed E-state index contributed by atoms with van der Waals surface area (Å²) < 4.78 is 39.0. The zero-order chi connectivity index (χ0) is 11.8. The van der Waals surface area contributed by atoms with E-state index in [2.05, 4.69) is 0 Å². The number of nitrogens with two attached hydrogens (primary N) is 1. The van der Waals surface area contributed by atoms with Gasteiger partial charge in [0.1, 0.15) is 0 Å². The maximum absolute atomic E-state index is 10.1. The molecule has 0 atom stereocenters. The number of carbonyl (C=O) groups excluding carboxylic acids is 2.